The Morgan fingerprint density at radius 2 is 2.03 bits per heavy atom. The quantitative estimate of drug-likeness (QED) is 0.532. The Bertz CT molecular complexity index is 1230. The molecular weight excluding hydrogens is 470 g/mol. The van der Waals surface area contributed by atoms with E-state index in [1.165, 1.54) is 23.6 Å². The summed E-state index contributed by atoms with van der Waals surface area (Å²) in [7, 11) is -3.56. The summed E-state index contributed by atoms with van der Waals surface area (Å²) in [6.07, 6.45) is 2.28. The molecule has 1 saturated carbocycles. The first kappa shape index (κ1) is 21.7. The smallest absolute Gasteiger partial charge is 0.271 e. The molecule has 1 fully saturated rings. The number of ether oxygens (including phenoxy) is 1. The minimum atomic E-state index is -3.56. The summed E-state index contributed by atoms with van der Waals surface area (Å²) >= 11 is 7.34. The number of amides is 1. The Morgan fingerprint density at radius 1 is 1.26 bits per heavy atom. The zero-order chi connectivity index (χ0) is 22.2. The van der Waals surface area contributed by atoms with Crippen LogP contribution in [0, 0.1) is 17.8 Å². The van der Waals surface area contributed by atoms with Gasteiger partial charge < -0.3 is 4.74 Å². The minimum absolute atomic E-state index is 0.0398. The molecule has 1 aromatic heterocycles. The predicted molar refractivity (Wildman–Crippen MR) is 111 cm³/mol. The Hall–Kier alpha value is -2.56. The van der Waals surface area contributed by atoms with E-state index in [2.05, 4.69) is 16.5 Å². The van der Waals surface area contributed by atoms with Crippen molar-refractivity contribution in [2.24, 2.45) is 0 Å². The first-order valence-corrected chi connectivity index (χ1v) is 11.8. The Morgan fingerprint density at radius 3 is 2.65 bits per heavy atom. The number of carbonyl (C=O) groups is 1. The molecule has 1 aliphatic rings. The van der Waals surface area contributed by atoms with Crippen molar-refractivity contribution in [3.63, 3.8) is 0 Å². The third-order valence-electron chi connectivity index (χ3n) is 4.52. The topological polar surface area (TPSA) is 85.4 Å². The van der Waals surface area contributed by atoms with Crippen LogP contribution >= 0.6 is 22.9 Å². The number of aromatic nitrogens is 1. The zero-order valence-electron chi connectivity index (χ0n) is 15.6. The van der Waals surface area contributed by atoms with Crippen molar-refractivity contribution in [3.8, 4) is 5.75 Å². The largest absolute Gasteiger partial charge is 0.473 e. The average molecular weight is 484 g/mol. The van der Waals surface area contributed by atoms with Crippen molar-refractivity contribution in [2.45, 2.75) is 29.1 Å². The summed E-state index contributed by atoms with van der Waals surface area (Å²) in [6, 6.07) is 6.62. The molecule has 1 amide bonds. The van der Waals surface area contributed by atoms with Gasteiger partial charge >= 0.3 is 0 Å². The number of halogens is 3. The second-order valence-electron chi connectivity index (χ2n) is 6.78. The first-order chi connectivity index (χ1) is 14.8. The number of nitrogens with zero attached hydrogens (tertiary/aromatic N) is 1. The van der Waals surface area contributed by atoms with Crippen LogP contribution in [0.2, 0.25) is 5.02 Å². The summed E-state index contributed by atoms with van der Waals surface area (Å²) in [5.41, 5.74) is 0.182. The maximum atomic E-state index is 14.1. The van der Waals surface area contributed by atoms with Gasteiger partial charge in [-0.15, -0.1) is 11.3 Å². The van der Waals surface area contributed by atoms with Crippen LogP contribution in [-0.4, -0.2) is 24.6 Å². The lowest BCUT2D eigenvalue weighted by atomic mass is 10.1. The van der Waals surface area contributed by atoms with Gasteiger partial charge in [-0.1, -0.05) is 17.7 Å². The summed E-state index contributed by atoms with van der Waals surface area (Å²) in [4.78, 5) is 16.7. The van der Waals surface area contributed by atoms with Crippen LogP contribution in [-0.2, 0) is 14.6 Å². The Balaban J connectivity index is 1.69. The van der Waals surface area contributed by atoms with Gasteiger partial charge in [-0.05, 0) is 37.1 Å². The monoisotopic (exact) mass is 483 g/mol. The van der Waals surface area contributed by atoms with Crippen LogP contribution in [0.15, 0.2) is 46.7 Å². The lowest BCUT2D eigenvalue weighted by Crippen LogP contribution is -2.26. The number of hydrogen-bond acceptors (Lipinski definition) is 6. The highest BCUT2D eigenvalue weighted by atomic mass is 35.5. The lowest BCUT2D eigenvalue weighted by molar-refractivity contribution is -0.123. The van der Waals surface area contributed by atoms with E-state index < -0.39 is 38.7 Å². The van der Waals surface area contributed by atoms with Crippen LogP contribution in [0.1, 0.15) is 24.5 Å². The van der Waals surface area contributed by atoms with Crippen LogP contribution in [0.25, 0.3) is 0 Å². The second kappa shape index (κ2) is 8.52. The summed E-state index contributed by atoms with van der Waals surface area (Å²) < 4.78 is 58.0. The number of rotatable bonds is 7. The molecule has 1 atom stereocenters. The van der Waals surface area contributed by atoms with Gasteiger partial charge in [-0.2, -0.15) is 0 Å². The number of benzene rings is 2. The summed E-state index contributed by atoms with van der Waals surface area (Å²) in [5.74, 6) is -2.87. The average Bonchev–Trinajstić information content (AvgIpc) is 3.46. The number of sulfone groups is 1. The van der Waals surface area contributed by atoms with Gasteiger partial charge in [0.25, 0.3) is 5.91 Å². The van der Waals surface area contributed by atoms with E-state index in [1.807, 2.05) is 0 Å². The van der Waals surface area contributed by atoms with E-state index in [9.17, 15) is 22.0 Å². The SMILES string of the molecule is O=C(Nc1n[c]cs1)C(Oc1ccc(F)cc1F)c1ccc(S(=O)(=O)C2CC2)c(Cl)c1. The van der Waals surface area contributed by atoms with Crippen molar-refractivity contribution < 1.29 is 26.7 Å². The van der Waals surface area contributed by atoms with Gasteiger partial charge in [-0.3, -0.25) is 10.1 Å². The molecule has 1 unspecified atom stereocenters. The highest BCUT2D eigenvalue weighted by molar-refractivity contribution is 7.92. The van der Waals surface area contributed by atoms with Gasteiger partial charge in [0.2, 0.25) is 6.10 Å². The number of anilines is 1. The molecule has 0 saturated heterocycles. The lowest BCUT2D eigenvalue weighted by Gasteiger charge is -2.20. The number of nitrogens with one attached hydrogen (secondary N) is 1. The molecule has 1 heterocycles. The molecule has 0 aliphatic heterocycles. The van der Waals surface area contributed by atoms with E-state index in [-0.39, 0.29) is 26.4 Å². The van der Waals surface area contributed by atoms with Crippen LogP contribution in [0.4, 0.5) is 13.9 Å². The second-order valence-corrected chi connectivity index (χ2v) is 10.2. The normalized spacial score (nSPS) is 14.8. The fourth-order valence-corrected chi connectivity index (χ4v) is 5.56. The van der Waals surface area contributed by atoms with Gasteiger partial charge in [0.05, 0.1) is 15.2 Å². The van der Waals surface area contributed by atoms with E-state index >= 15 is 0 Å². The fourth-order valence-electron chi connectivity index (χ4n) is 2.86. The molecular formula is C20H14ClF2N2O4S2. The highest BCUT2D eigenvalue weighted by Gasteiger charge is 2.38. The third kappa shape index (κ3) is 4.70. The van der Waals surface area contributed by atoms with Crippen molar-refractivity contribution >= 4 is 43.8 Å². The molecule has 1 aliphatic carbocycles. The van der Waals surface area contributed by atoms with Gasteiger partial charge in [0.1, 0.15) is 12.0 Å². The van der Waals surface area contributed by atoms with E-state index in [0.717, 1.165) is 23.5 Å². The Kier molecular flexibility index (Phi) is 5.96. The molecule has 161 valence electrons. The molecule has 0 bridgehead atoms. The van der Waals surface area contributed by atoms with Crippen LogP contribution < -0.4 is 10.1 Å². The molecule has 1 radical (unpaired) electrons. The van der Waals surface area contributed by atoms with Crippen molar-refractivity contribution in [2.75, 3.05) is 5.32 Å². The van der Waals surface area contributed by atoms with Crippen molar-refractivity contribution in [1.82, 2.24) is 4.98 Å². The first-order valence-electron chi connectivity index (χ1n) is 9.03. The summed E-state index contributed by atoms with van der Waals surface area (Å²) in [5, 5.41) is 3.75. The molecule has 2 aromatic carbocycles. The fraction of sp³-hybridized carbons (Fsp3) is 0.200. The maximum Gasteiger partial charge on any atom is 0.271 e. The molecule has 31 heavy (non-hydrogen) atoms. The number of hydrogen-bond donors (Lipinski definition) is 1. The molecule has 6 nitrogen and oxygen atoms in total. The zero-order valence-corrected chi connectivity index (χ0v) is 18.0. The Labute approximate surface area is 185 Å². The molecule has 11 heteroatoms. The minimum Gasteiger partial charge on any atom is -0.473 e. The van der Waals surface area contributed by atoms with Crippen molar-refractivity contribution in [3.05, 3.63) is 70.2 Å². The van der Waals surface area contributed by atoms with E-state index in [0.29, 0.717) is 18.9 Å². The third-order valence-corrected chi connectivity index (χ3v) is 7.91. The standard InChI is InChI=1S/C20H14ClF2N2O4S2/c21-14-9-11(1-6-17(14)31(27,28)13-3-4-13)18(19(26)25-20-24-7-8-30-20)29-16-5-2-12(22)10-15(16)23/h1-2,5-6,8-10,13,18H,3-4H2,(H,24,25,26). The molecule has 1 N–H and O–H groups in total. The van der Waals surface area contributed by atoms with Crippen LogP contribution in [0.3, 0.4) is 0 Å². The molecule has 4 rings (SSSR count). The molecule has 0 spiro atoms. The van der Waals surface area contributed by atoms with Gasteiger partial charge in [0.15, 0.2) is 26.5 Å². The van der Waals surface area contributed by atoms with Crippen LogP contribution in [0.5, 0.6) is 5.75 Å². The van der Waals surface area contributed by atoms with Crippen molar-refractivity contribution in [1.29, 1.82) is 0 Å². The van der Waals surface area contributed by atoms with E-state index in [4.69, 9.17) is 16.3 Å². The predicted octanol–water partition coefficient (Wildman–Crippen LogP) is 4.57. The number of thiazole rings is 1. The van der Waals surface area contributed by atoms with Gasteiger partial charge in [-0.25, -0.2) is 22.2 Å². The maximum absolute atomic E-state index is 14.1. The number of carbonyl (C=O) groups excluding carboxylic acids is 1. The molecule has 3 aromatic rings. The van der Waals surface area contributed by atoms with E-state index in [1.54, 1.807) is 0 Å². The van der Waals surface area contributed by atoms with Gasteiger partial charge in [0, 0.05) is 17.0 Å². The summed E-state index contributed by atoms with van der Waals surface area (Å²) in [6.45, 7) is 0. The highest BCUT2D eigenvalue weighted by Crippen LogP contribution is 2.38.